The summed E-state index contributed by atoms with van der Waals surface area (Å²) in [6.45, 7) is 0.244. The molecule has 0 aliphatic heterocycles. The van der Waals surface area contributed by atoms with Crippen molar-refractivity contribution >= 4 is 17.0 Å². The average molecular weight is 369 g/mol. The lowest BCUT2D eigenvalue weighted by atomic mass is 9.97. The number of unbranched alkanes of at least 4 members (excludes halogenated alkanes) is 3. The Morgan fingerprint density at radius 2 is 1.68 bits per heavy atom. The molecule has 3 rings (SSSR count). The van der Waals surface area contributed by atoms with Crippen molar-refractivity contribution in [3.05, 3.63) is 65.2 Å². The molecule has 0 saturated carbocycles. The number of aromatic nitrogens is 1. The summed E-state index contributed by atoms with van der Waals surface area (Å²) in [5.74, 6) is 0. The second-order valence-corrected chi connectivity index (χ2v) is 6.79. The van der Waals surface area contributed by atoms with Crippen LogP contribution in [0.2, 0.25) is 0 Å². The molecule has 3 aromatic rings. The second-order valence-electron chi connectivity index (χ2n) is 6.79. The molecule has 1 heterocycles. The summed E-state index contributed by atoms with van der Waals surface area (Å²) in [5, 5.41) is 28.6. The number of aliphatic hydroxyl groups is 1. The van der Waals surface area contributed by atoms with Crippen molar-refractivity contribution in [3.8, 4) is 23.4 Å². The number of aromatic amines is 1. The zero-order chi connectivity index (χ0) is 19.8. The summed E-state index contributed by atoms with van der Waals surface area (Å²) < 4.78 is 0. The molecule has 4 nitrogen and oxygen atoms in total. The highest BCUT2D eigenvalue weighted by Gasteiger charge is 2.15. The second kappa shape index (κ2) is 9.55. The number of hydrogen-bond acceptors (Lipinski definition) is 3. The van der Waals surface area contributed by atoms with Gasteiger partial charge in [-0.2, -0.15) is 10.5 Å². The van der Waals surface area contributed by atoms with Crippen LogP contribution in [0.5, 0.6) is 0 Å². The van der Waals surface area contributed by atoms with Crippen LogP contribution in [-0.4, -0.2) is 16.7 Å². The van der Waals surface area contributed by atoms with Gasteiger partial charge in [0.1, 0.15) is 17.7 Å². The van der Waals surface area contributed by atoms with Crippen LogP contribution >= 0.6 is 0 Å². The number of aliphatic hydroxyl groups excluding tert-OH is 1. The predicted octanol–water partition coefficient (Wildman–Crippen LogP) is 5.36. The first-order chi connectivity index (χ1) is 13.8. The molecule has 0 amide bonds. The van der Waals surface area contributed by atoms with Gasteiger partial charge >= 0.3 is 0 Å². The molecule has 2 aromatic carbocycles. The van der Waals surface area contributed by atoms with E-state index in [-0.39, 0.29) is 12.2 Å². The first-order valence-electron chi connectivity index (χ1n) is 9.60. The molecule has 0 atom stereocenters. The molecule has 28 heavy (non-hydrogen) atoms. The minimum absolute atomic E-state index is 0.0934. The van der Waals surface area contributed by atoms with Crippen molar-refractivity contribution in [2.75, 3.05) is 6.61 Å². The van der Waals surface area contributed by atoms with Gasteiger partial charge in [-0.05, 0) is 42.5 Å². The zero-order valence-electron chi connectivity index (χ0n) is 15.8. The smallest absolute Gasteiger partial charge is 0.130 e. The molecule has 2 N–H and O–H groups in total. The summed E-state index contributed by atoms with van der Waals surface area (Å²) in [6.07, 6.45) is 6.58. The normalized spacial score (nSPS) is 10.4. The van der Waals surface area contributed by atoms with E-state index in [1.54, 1.807) is 6.08 Å². The Bertz CT molecular complexity index is 1030. The van der Waals surface area contributed by atoms with Gasteiger partial charge in [-0.25, -0.2) is 0 Å². The lowest BCUT2D eigenvalue weighted by Gasteiger charge is -2.06. The molecule has 0 radical (unpaired) electrons. The third kappa shape index (κ3) is 4.31. The van der Waals surface area contributed by atoms with E-state index in [2.05, 4.69) is 11.1 Å². The molecule has 4 heteroatoms. The van der Waals surface area contributed by atoms with Crippen LogP contribution in [0.25, 0.3) is 28.2 Å². The topological polar surface area (TPSA) is 83.6 Å². The van der Waals surface area contributed by atoms with Gasteiger partial charge in [0, 0.05) is 23.1 Å². The van der Waals surface area contributed by atoms with Crippen LogP contribution in [0.4, 0.5) is 0 Å². The Labute approximate surface area is 165 Å². The van der Waals surface area contributed by atoms with Crippen LogP contribution in [0.15, 0.2) is 54.1 Å². The largest absolute Gasteiger partial charge is 0.396 e. The lowest BCUT2D eigenvalue weighted by Crippen LogP contribution is -1.90. The number of fused-ring (bicyclic) bond motifs is 1. The highest BCUT2D eigenvalue weighted by Crippen LogP contribution is 2.34. The lowest BCUT2D eigenvalue weighted by molar-refractivity contribution is 0.282. The molecular weight excluding hydrogens is 346 g/mol. The standard InChI is InChI=1S/C24H23N3O/c25-16-18(17-26)15-21-23-19(9-4-1-2-7-14-28)12-8-13-22(23)27-24(21)20-10-5-3-6-11-20/h3,5-6,8,10-13,15,27-28H,1-2,4,7,9,14H2. The maximum atomic E-state index is 9.28. The fourth-order valence-corrected chi connectivity index (χ4v) is 3.55. The molecule has 0 bridgehead atoms. The van der Waals surface area contributed by atoms with Gasteiger partial charge < -0.3 is 10.1 Å². The van der Waals surface area contributed by atoms with Gasteiger partial charge in [0.05, 0.1) is 5.69 Å². The van der Waals surface area contributed by atoms with Gasteiger partial charge in [0.25, 0.3) is 0 Å². The van der Waals surface area contributed by atoms with Crippen LogP contribution in [0.1, 0.15) is 36.8 Å². The number of nitrogens with one attached hydrogen (secondary N) is 1. The van der Waals surface area contributed by atoms with E-state index in [1.165, 1.54) is 5.56 Å². The summed E-state index contributed by atoms with van der Waals surface area (Å²) in [6, 6.07) is 20.1. The zero-order valence-corrected chi connectivity index (χ0v) is 15.8. The molecule has 0 unspecified atom stereocenters. The molecule has 0 saturated heterocycles. The van der Waals surface area contributed by atoms with Crippen LogP contribution in [-0.2, 0) is 6.42 Å². The third-order valence-electron chi connectivity index (χ3n) is 4.90. The summed E-state index contributed by atoms with van der Waals surface area (Å²) in [7, 11) is 0. The number of aryl methyl sites for hydroxylation is 1. The summed E-state index contributed by atoms with van der Waals surface area (Å²) in [4.78, 5) is 3.49. The SMILES string of the molecule is N#CC(C#N)=Cc1c(-c2ccccc2)[nH]c2cccc(CCCCCCO)c12. The molecule has 1 aromatic heterocycles. The predicted molar refractivity (Wildman–Crippen MR) is 112 cm³/mol. The van der Waals surface area contributed by atoms with Gasteiger partial charge in [-0.15, -0.1) is 0 Å². The molecular formula is C24H23N3O. The molecule has 0 spiro atoms. The number of benzene rings is 2. The minimum atomic E-state index is 0.0934. The first-order valence-corrected chi connectivity index (χ1v) is 9.60. The highest BCUT2D eigenvalue weighted by atomic mass is 16.2. The summed E-state index contributed by atoms with van der Waals surface area (Å²) in [5.41, 5.74) is 5.15. The third-order valence-corrected chi connectivity index (χ3v) is 4.90. The molecule has 0 aliphatic carbocycles. The van der Waals surface area contributed by atoms with E-state index < -0.39 is 0 Å². The molecule has 0 aliphatic rings. The van der Waals surface area contributed by atoms with Crippen molar-refractivity contribution in [1.29, 1.82) is 10.5 Å². The first kappa shape index (κ1) is 19.4. The Kier molecular flexibility index (Phi) is 6.63. The van der Waals surface area contributed by atoms with E-state index in [0.29, 0.717) is 0 Å². The number of rotatable bonds is 8. The van der Waals surface area contributed by atoms with Gasteiger partial charge in [-0.1, -0.05) is 55.3 Å². The number of nitrogens with zero attached hydrogens (tertiary/aromatic N) is 2. The molecule has 140 valence electrons. The maximum Gasteiger partial charge on any atom is 0.130 e. The van der Waals surface area contributed by atoms with Crippen molar-refractivity contribution < 1.29 is 5.11 Å². The van der Waals surface area contributed by atoms with E-state index in [4.69, 9.17) is 5.11 Å². The van der Waals surface area contributed by atoms with Crippen molar-refractivity contribution in [3.63, 3.8) is 0 Å². The van der Waals surface area contributed by atoms with Crippen molar-refractivity contribution in [2.45, 2.75) is 32.1 Å². The molecule has 0 fully saturated rings. The Balaban J connectivity index is 2.09. The van der Waals surface area contributed by atoms with E-state index in [1.807, 2.05) is 54.6 Å². The van der Waals surface area contributed by atoms with E-state index in [0.717, 1.165) is 59.8 Å². The number of H-pyrrole nitrogens is 1. The Morgan fingerprint density at radius 1 is 0.929 bits per heavy atom. The van der Waals surface area contributed by atoms with Crippen molar-refractivity contribution in [2.24, 2.45) is 0 Å². The quantitative estimate of drug-likeness (QED) is 0.414. The fourth-order valence-electron chi connectivity index (χ4n) is 3.55. The Morgan fingerprint density at radius 3 is 2.39 bits per heavy atom. The number of nitriles is 2. The summed E-state index contributed by atoms with van der Waals surface area (Å²) >= 11 is 0. The highest BCUT2D eigenvalue weighted by molar-refractivity contribution is 5.99. The van der Waals surface area contributed by atoms with Gasteiger partial charge in [0.2, 0.25) is 0 Å². The van der Waals surface area contributed by atoms with Crippen molar-refractivity contribution in [1.82, 2.24) is 4.98 Å². The maximum absolute atomic E-state index is 9.28. The van der Waals surface area contributed by atoms with Crippen LogP contribution in [0.3, 0.4) is 0 Å². The van der Waals surface area contributed by atoms with Gasteiger partial charge in [-0.3, -0.25) is 0 Å². The van der Waals surface area contributed by atoms with E-state index >= 15 is 0 Å². The van der Waals surface area contributed by atoms with E-state index in [9.17, 15) is 10.5 Å². The van der Waals surface area contributed by atoms with Crippen LogP contribution < -0.4 is 0 Å². The number of hydrogen-bond donors (Lipinski definition) is 2. The Hall–Kier alpha value is -3.34. The minimum Gasteiger partial charge on any atom is -0.396 e. The van der Waals surface area contributed by atoms with Gasteiger partial charge in [0.15, 0.2) is 0 Å². The number of allylic oxidation sites excluding steroid dienone is 1. The van der Waals surface area contributed by atoms with Crippen LogP contribution in [0, 0.1) is 22.7 Å². The average Bonchev–Trinajstić information content (AvgIpc) is 3.11. The monoisotopic (exact) mass is 369 g/mol. The fraction of sp³-hybridized carbons (Fsp3) is 0.250.